The van der Waals surface area contributed by atoms with Crippen molar-refractivity contribution >= 4 is 39.9 Å². The Bertz CT molecular complexity index is 1400. The van der Waals surface area contributed by atoms with Gasteiger partial charge in [0.2, 0.25) is 11.8 Å². The number of benzene rings is 2. The van der Waals surface area contributed by atoms with Crippen molar-refractivity contribution in [2.45, 2.75) is 51.5 Å². The number of carbonyl (C=O) groups excluding carboxylic acids is 2. The average Bonchev–Trinajstić information content (AvgIpc) is 3.54. The zero-order valence-corrected chi connectivity index (χ0v) is 21.9. The number of carbonyl (C=O) groups is 2. The Morgan fingerprint density at radius 1 is 1.24 bits per heavy atom. The van der Waals surface area contributed by atoms with Crippen LogP contribution in [-0.4, -0.2) is 46.6 Å². The first-order chi connectivity index (χ1) is 18.2. The van der Waals surface area contributed by atoms with Gasteiger partial charge < -0.3 is 19.5 Å². The van der Waals surface area contributed by atoms with Crippen molar-refractivity contribution in [3.8, 4) is 5.75 Å². The Morgan fingerprint density at radius 3 is 2.76 bits per heavy atom. The molecule has 2 fully saturated rings. The maximum atomic E-state index is 14.4. The quantitative estimate of drug-likeness (QED) is 0.388. The number of hydrogen-bond donors (Lipinski definition) is 1. The molecule has 1 aliphatic carbocycles. The first-order valence-corrected chi connectivity index (χ1v) is 13.1. The molecule has 1 saturated heterocycles. The number of amides is 2. The van der Waals surface area contributed by atoms with E-state index in [4.69, 9.17) is 16.3 Å². The van der Waals surface area contributed by atoms with E-state index in [1.54, 1.807) is 10.6 Å². The van der Waals surface area contributed by atoms with E-state index in [-0.39, 0.29) is 42.5 Å². The summed E-state index contributed by atoms with van der Waals surface area (Å²) in [5.41, 5.74) is 2.77. The number of aromatic nitrogens is 1. The lowest BCUT2D eigenvalue weighted by Gasteiger charge is -2.24. The lowest BCUT2D eigenvalue weighted by molar-refractivity contribution is -0.139. The number of hydrogen-bond acceptors (Lipinski definition) is 3. The SMILES string of the molecule is C=C(C)c1cn(CC(=O)N2C[C@H](F)CC2C(=O)NCc2cccc(Cl)c2F)c2cc(OCC3CC3)ccc12. The van der Waals surface area contributed by atoms with Crippen molar-refractivity contribution in [3.05, 3.63) is 71.1 Å². The van der Waals surface area contributed by atoms with Crippen LogP contribution in [0.2, 0.25) is 5.02 Å². The molecular weight excluding hydrogens is 512 g/mol. The van der Waals surface area contributed by atoms with Crippen molar-refractivity contribution in [1.29, 1.82) is 0 Å². The Labute approximate surface area is 225 Å². The minimum Gasteiger partial charge on any atom is -0.493 e. The number of allylic oxidation sites excluding steroid dienone is 1. The van der Waals surface area contributed by atoms with Crippen LogP contribution < -0.4 is 10.1 Å². The van der Waals surface area contributed by atoms with Gasteiger partial charge >= 0.3 is 0 Å². The van der Waals surface area contributed by atoms with Crippen LogP contribution in [0.5, 0.6) is 5.75 Å². The van der Waals surface area contributed by atoms with Gasteiger partial charge in [-0.05, 0) is 49.5 Å². The fourth-order valence-electron chi connectivity index (χ4n) is 4.86. The highest BCUT2D eigenvalue weighted by Crippen LogP contribution is 2.33. The molecule has 38 heavy (non-hydrogen) atoms. The predicted molar refractivity (Wildman–Crippen MR) is 143 cm³/mol. The summed E-state index contributed by atoms with van der Waals surface area (Å²) < 4.78 is 36.4. The molecule has 3 aromatic rings. The summed E-state index contributed by atoms with van der Waals surface area (Å²) in [5, 5.41) is 3.52. The van der Waals surface area contributed by atoms with Gasteiger partial charge in [0.25, 0.3) is 0 Å². The maximum Gasteiger partial charge on any atom is 0.243 e. The number of alkyl halides is 1. The van der Waals surface area contributed by atoms with E-state index in [9.17, 15) is 18.4 Å². The fourth-order valence-corrected chi connectivity index (χ4v) is 5.06. The highest BCUT2D eigenvalue weighted by Gasteiger charge is 2.39. The summed E-state index contributed by atoms with van der Waals surface area (Å²) in [6, 6.07) is 9.30. The molecule has 0 radical (unpaired) electrons. The average molecular weight is 542 g/mol. The molecule has 2 atom stereocenters. The molecule has 0 spiro atoms. The molecule has 0 bridgehead atoms. The van der Waals surface area contributed by atoms with Gasteiger partial charge in [0.1, 0.15) is 30.3 Å². The van der Waals surface area contributed by atoms with Crippen LogP contribution in [0.1, 0.15) is 37.3 Å². The molecule has 1 N–H and O–H groups in total. The maximum absolute atomic E-state index is 14.4. The standard InChI is InChI=1S/C29H30ClF2N3O3/c1-17(2)23-14-34(25-11-21(8-9-22(23)25)38-16-18-6-7-18)15-27(36)35-13-20(31)10-26(35)29(37)33-12-19-4-3-5-24(30)28(19)32/h3-5,8-9,11,14,18,20,26H,1,6-7,10,12-13,15-16H2,2H3,(H,33,37)/t20-,26?/m1/s1. The largest absolute Gasteiger partial charge is 0.493 e. The summed E-state index contributed by atoms with van der Waals surface area (Å²) >= 11 is 5.82. The third-order valence-corrected chi connectivity index (χ3v) is 7.45. The van der Waals surface area contributed by atoms with Crippen LogP contribution in [-0.2, 0) is 22.7 Å². The lowest BCUT2D eigenvalue weighted by Crippen LogP contribution is -2.46. The second-order valence-corrected chi connectivity index (χ2v) is 10.6. The summed E-state index contributed by atoms with van der Waals surface area (Å²) in [4.78, 5) is 27.6. The van der Waals surface area contributed by atoms with Crippen molar-refractivity contribution in [1.82, 2.24) is 14.8 Å². The first-order valence-electron chi connectivity index (χ1n) is 12.8. The van der Waals surface area contributed by atoms with E-state index in [0.717, 1.165) is 27.8 Å². The van der Waals surface area contributed by atoms with Crippen LogP contribution >= 0.6 is 11.6 Å². The molecule has 1 aliphatic heterocycles. The van der Waals surface area contributed by atoms with E-state index in [0.29, 0.717) is 12.5 Å². The van der Waals surface area contributed by atoms with Gasteiger partial charge in [-0.2, -0.15) is 0 Å². The molecule has 9 heteroatoms. The minimum atomic E-state index is -1.33. The van der Waals surface area contributed by atoms with Crippen LogP contribution in [0.3, 0.4) is 0 Å². The van der Waals surface area contributed by atoms with Crippen LogP contribution in [0, 0.1) is 11.7 Å². The number of nitrogens with zero attached hydrogens (tertiary/aromatic N) is 2. The molecule has 1 saturated carbocycles. The van der Waals surface area contributed by atoms with Gasteiger partial charge in [-0.3, -0.25) is 9.59 Å². The second kappa shape index (κ2) is 10.8. The molecule has 2 aliphatic rings. The normalized spacial score (nSPS) is 19.1. The highest BCUT2D eigenvalue weighted by molar-refractivity contribution is 6.30. The number of likely N-dealkylation sites (tertiary alicyclic amines) is 1. The fraction of sp³-hybridized carbons (Fsp3) is 0.379. The van der Waals surface area contributed by atoms with E-state index in [1.807, 2.05) is 31.3 Å². The van der Waals surface area contributed by atoms with E-state index in [2.05, 4.69) is 11.9 Å². The van der Waals surface area contributed by atoms with Crippen LogP contribution in [0.25, 0.3) is 16.5 Å². The van der Waals surface area contributed by atoms with Crippen molar-refractivity contribution < 1.29 is 23.1 Å². The minimum absolute atomic E-state index is 0.0487. The Balaban J connectivity index is 1.33. The monoisotopic (exact) mass is 541 g/mol. The number of rotatable bonds is 9. The van der Waals surface area contributed by atoms with Gasteiger partial charge in [-0.15, -0.1) is 0 Å². The molecule has 200 valence electrons. The van der Waals surface area contributed by atoms with E-state index in [1.165, 1.54) is 29.9 Å². The van der Waals surface area contributed by atoms with Crippen LogP contribution in [0.4, 0.5) is 8.78 Å². The van der Waals surface area contributed by atoms with Gasteiger partial charge in [0.15, 0.2) is 0 Å². The summed E-state index contributed by atoms with van der Waals surface area (Å²) in [5.74, 6) is -0.208. The molecular formula is C29H30ClF2N3O3. The third-order valence-electron chi connectivity index (χ3n) is 7.16. The van der Waals surface area contributed by atoms with E-state index < -0.39 is 23.9 Å². The number of fused-ring (bicyclic) bond motifs is 1. The second-order valence-electron chi connectivity index (χ2n) is 10.2. The smallest absolute Gasteiger partial charge is 0.243 e. The summed E-state index contributed by atoms with van der Waals surface area (Å²) in [6.45, 7) is 6.26. The zero-order valence-electron chi connectivity index (χ0n) is 21.2. The summed E-state index contributed by atoms with van der Waals surface area (Å²) in [6.07, 6.45) is 2.78. The van der Waals surface area contributed by atoms with Crippen molar-refractivity contribution in [2.24, 2.45) is 5.92 Å². The van der Waals surface area contributed by atoms with Gasteiger partial charge in [-0.1, -0.05) is 30.3 Å². The lowest BCUT2D eigenvalue weighted by atomic mass is 10.1. The van der Waals surface area contributed by atoms with Gasteiger partial charge in [-0.25, -0.2) is 8.78 Å². The molecule has 1 aromatic heterocycles. The number of halogens is 3. The summed E-state index contributed by atoms with van der Waals surface area (Å²) in [7, 11) is 0. The number of ether oxygens (including phenoxy) is 1. The Morgan fingerprint density at radius 2 is 2.03 bits per heavy atom. The predicted octanol–water partition coefficient (Wildman–Crippen LogP) is 5.51. The third kappa shape index (κ3) is 5.55. The topological polar surface area (TPSA) is 63.6 Å². The Hall–Kier alpha value is -3.39. The molecule has 2 amide bonds. The van der Waals surface area contributed by atoms with Crippen molar-refractivity contribution in [2.75, 3.05) is 13.2 Å². The molecule has 6 nitrogen and oxygen atoms in total. The molecule has 1 unspecified atom stereocenters. The van der Waals surface area contributed by atoms with Gasteiger partial charge in [0, 0.05) is 41.7 Å². The Kier molecular flexibility index (Phi) is 7.43. The van der Waals surface area contributed by atoms with E-state index >= 15 is 0 Å². The molecule has 5 rings (SSSR count). The van der Waals surface area contributed by atoms with Crippen molar-refractivity contribution in [3.63, 3.8) is 0 Å². The zero-order chi connectivity index (χ0) is 27.0. The van der Waals surface area contributed by atoms with Gasteiger partial charge in [0.05, 0.1) is 23.7 Å². The highest BCUT2D eigenvalue weighted by atomic mass is 35.5. The van der Waals surface area contributed by atoms with Crippen LogP contribution in [0.15, 0.2) is 49.2 Å². The number of nitrogens with one attached hydrogen (secondary N) is 1. The molecule has 2 aromatic carbocycles. The molecule has 2 heterocycles. The first kappa shape index (κ1) is 26.2.